The van der Waals surface area contributed by atoms with E-state index in [-0.39, 0.29) is 7.43 Å². The van der Waals surface area contributed by atoms with E-state index in [1.165, 1.54) is 49.3 Å². The second-order valence-corrected chi connectivity index (χ2v) is 12.2. The summed E-state index contributed by atoms with van der Waals surface area (Å²) in [5, 5.41) is 5.20. The molecular weight excluding hydrogens is 712 g/mol. The van der Waals surface area contributed by atoms with Crippen molar-refractivity contribution >= 4 is 91.4 Å². The summed E-state index contributed by atoms with van der Waals surface area (Å²) in [5.74, 6) is 0. The molecule has 0 saturated heterocycles. The number of nitrogens with zero attached hydrogens (tertiary/aromatic N) is 1. The lowest BCUT2D eigenvalue weighted by Crippen LogP contribution is -1.92. The standard InChI is InChI=1S/C18H12BrN.C12H9N.C6H4Br2.CH4/c19-13-9-11-14(12-10-13)20-17-7-3-1-5-15(17)16-6-2-4-8-18(16)20;1-3-7-11-9(5-1)10-6-2-4-8-12(10)13-11;7-5-1-2-6(8)4-3-5;/h1-12H;1-8,13H;1-4H;1H4. The third-order valence-electron chi connectivity index (χ3n) is 6.88. The van der Waals surface area contributed by atoms with Crippen LogP contribution in [-0.4, -0.2) is 9.55 Å². The maximum Gasteiger partial charge on any atom is 0.0541 e. The van der Waals surface area contributed by atoms with Crippen molar-refractivity contribution in [1.29, 1.82) is 0 Å². The number of aromatic amines is 1. The topological polar surface area (TPSA) is 20.7 Å². The highest BCUT2D eigenvalue weighted by Crippen LogP contribution is 2.32. The van der Waals surface area contributed by atoms with E-state index in [0.29, 0.717) is 0 Å². The minimum absolute atomic E-state index is 0. The summed E-state index contributed by atoms with van der Waals surface area (Å²) in [5.41, 5.74) is 6.10. The maximum atomic E-state index is 3.50. The molecule has 5 heteroatoms. The summed E-state index contributed by atoms with van der Waals surface area (Å²) in [7, 11) is 0. The molecule has 0 atom stereocenters. The Hall–Kier alpha value is -3.64. The zero-order valence-electron chi connectivity index (χ0n) is 21.9. The molecule has 2 nitrogen and oxygen atoms in total. The first-order chi connectivity index (χ1) is 20.1. The Kier molecular flexibility index (Phi) is 9.63. The molecule has 1 N–H and O–H groups in total. The molecule has 2 aromatic heterocycles. The Morgan fingerprint density at radius 2 is 0.714 bits per heavy atom. The number of halogens is 3. The predicted molar refractivity (Wildman–Crippen MR) is 193 cm³/mol. The first-order valence-electron chi connectivity index (χ1n) is 13.2. The third-order valence-corrected chi connectivity index (χ3v) is 8.47. The maximum absolute atomic E-state index is 3.50. The van der Waals surface area contributed by atoms with E-state index in [1.54, 1.807) is 0 Å². The van der Waals surface area contributed by atoms with Gasteiger partial charge in [0.15, 0.2) is 0 Å². The Balaban J connectivity index is 0.000000138. The molecule has 0 aliphatic rings. The van der Waals surface area contributed by atoms with Crippen molar-refractivity contribution in [3.05, 3.63) is 159 Å². The number of H-pyrrole nitrogens is 1. The van der Waals surface area contributed by atoms with Gasteiger partial charge in [0, 0.05) is 51.7 Å². The van der Waals surface area contributed by atoms with Crippen molar-refractivity contribution in [2.75, 3.05) is 0 Å². The lowest BCUT2D eigenvalue weighted by Gasteiger charge is -2.07. The molecule has 0 fully saturated rings. The summed E-state index contributed by atoms with van der Waals surface area (Å²) in [6.07, 6.45) is 0. The van der Waals surface area contributed by atoms with Crippen molar-refractivity contribution in [3.63, 3.8) is 0 Å². The van der Waals surface area contributed by atoms with E-state index in [9.17, 15) is 0 Å². The van der Waals surface area contributed by atoms with Gasteiger partial charge in [-0.1, -0.05) is 128 Å². The fourth-order valence-electron chi connectivity index (χ4n) is 5.02. The molecule has 0 aliphatic heterocycles. The number of para-hydroxylation sites is 4. The van der Waals surface area contributed by atoms with Crippen LogP contribution in [0.4, 0.5) is 0 Å². The number of hydrogen-bond donors (Lipinski definition) is 1. The van der Waals surface area contributed by atoms with Crippen LogP contribution in [0.5, 0.6) is 0 Å². The molecule has 0 bridgehead atoms. The second-order valence-electron chi connectivity index (χ2n) is 9.50. The lowest BCUT2D eigenvalue weighted by molar-refractivity contribution is 1.18. The highest BCUT2D eigenvalue weighted by atomic mass is 79.9. The van der Waals surface area contributed by atoms with Crippen LogP contribution in [0.25, 0.3) is 49.3 Å². The van der Waals surface area contributed by atoms with Crippen LogP contribution in [0, 0.1) is 0 Å². The highest BCUT2D eigenvalue weighted by molar-refractivity contribution is 9.11. The van der Waals surface area contributed by atoms with Gasteiger partial charge in [0.05, 0.1) is 11.0 Å². The van der Waals surface area contributed by atoms with Crippen molar-refractivity contribution in [2.24, 2.45) is 0 Å². The molecule has 0 saturated carbocycles. The fraction of sp³-hybridized carbons (Fsp3) is 0.0270. The first-order valence-corrected chi connectivity index (χ1v) is 15.6. The molecule has 0 unspecified atom stereocenters. The van der Waals surface area contributed by atoms with Gasteiger partial charge in [-0.3, -0.25) is 0 Å². The molecule has 0 spiro atoms. The first kappa shape index (κ1) is 29.8. The molecule has 8 rings (SSSR count). The molecule has 0 radical (unpaired) electrons. The van der Waals surface area contributed by atoms with Gasteiger partial charge in [-0.05, 0) is 72.8 Å². The van der Waals surface area contributed by atoms with Crippen molar-refractivity contribution in [1.82, 2.24) is 9.55 Å². The van der Waals surface area contributed by atoms with E-state index in [0.717, 1.165) is 13.4 Å². The Morgan fingerprint density at radius 1 is 0.381 bits per heavy atom. The third kappa shape index (κ3) is 6.39. The molecule has 8 aromatic rings. The SMILES string of the molecule is Brc1ccc(-n2c3ccccc3c3ccccc32)cc1.Brc1ccc(Br)cc1.C.c1ccc2c(c1)[nH]c1ccccc12. The number of nitrogens with one attached hydrogen (secondary N) is 1. The lowest BCUT2D eigenvalue weighted by atomic mass is 10.2. The number of hydrogen-bond acceptors (Lipinski definition) is 0. The monoisotopic (exact) mass is 738 g/mol. The zero-order valence-corrected chi connectivity index (χ0v) is 26.7. The van der Waals surface area contributed by atoms with Crippen molar-refractivity contribution in [2.45, 2.75) is 7.43 Å². The van der Waals surface area contributed by atoms with E-state index in [4.69, 9.17) is 0 Å². The number of rotatable bonds is 1. The number of fused-ring (bicyclic) bond motifs is 6. The molecule has 2 heterocycles. The van der Waals surface area contributed by atoms with Crippen LogP contribution < -0.4 is 0 Å². The molecule has 208 valence electrons. The van der Waals surface area contributed by atoms with Gasteiger partial charge in [0.25, 0.3) is 0 Å². The Bertz CT molecular complexity index is 1950. The average molecular weight is 741 g/mol. The molecule has 0 aliphatic carbocycles. The predicted octanol–water partition coefficient (Wildman–Crippen LogP) is 12.7. The van der Waals surface area contributed by atoms with E-state index < -0.39 is 0 Å². The van der Waals surface area contributed by atoms with E-state index in [2.05, 4.69) is 179 Å². The summed E-state index contributed by atoms with van der Waals surface area (Å²) in [6, 6.07) is 50.3. The molecular formula is C37H29Br3N2. The smallest absolute Gasteiger partial charge is 0.0541 e. The van der Waals surface area contributed by atoms with Crippen LogP contribution in [-0.2, 0) is 0 Å². The van der Waals surface area contributed by atoms with Gasteiger partial charge in [0.1, 0.15) is 0 Å². The summed E-state index contributed by atoms with van der Waals surface area (Å²) < 4.78 is 5.64. The fourth-order valence-corrected chi connectivity index (χ4v) is 5.81. The summed E-state index contributed by atoms with van der Waals surface area (Å²) >= 11 is 10.1. The molecule has 0 amide bonds. The van der Waals surface area contributed by atoms with E-state index in [1.807, 2.05) is 24.3 Å². The van der Waals surface area contributed by atoms with Gasteiger partial charge in [0.2, 0.25) is 0 Å². The van der Waals surface area contributed by atoms with Crippen molar-refractivity contribution < 1.29 is 0 Å². The minimum atomic E-state index is 0. The average Bonchev–Trinajstić information content (AvgIpc) is 3.56. The highest BCUT2D eigenvalue weighted by Gasteiger charge is 2.10. The Morgan fingerprint density at radius 3 is 1.14 bits per heavy atom. The Labute approximate surface area is 271 Å². The van der Waals surface area contributed by atoms with Crippen LogP contribution in [0.3, 0.4) is 0 Å². The molecule has 42 heavy (non-hydrogen) atoms. The zero-order chi connectivity index (χ0) is 28.2. The number of aromatic nitrogens is 2. The van der Waals surface area contributed by atoms with Gasteiger partial charge in [-0.25, -0.2) is 0 Å². The van der Waals surface area contributed by atoms with Crippen LogP contribution in [0.15, 0.2) is 159 Å². The van der Waals surface area contributed by atoms with Crippen LogP contribution in [0.1, 0.15) is 7.43 Å². The largest absolute Gasteiger partial charge is 0.355 e. The van der Waals surface area contributed by atoms with Crippen LogP contribution >= 0.6 is 47.8 Å². The minimum Gasteiger partial charge on any atom is -0.355 e. The summed E-state index contributed by atoms with van der Waals surface area (Å²) in [4.78, 5) is 3.38. The van der Waals surface area contributed by atoms with Gasteiger partial charge >= 0.3 is 0 Å². The van der Waals surface area contributed by atoms with Gasteiger partial charge < -0.3 is 9.55 Å². The van der Waals surface area contributed by atoms with Gasteiger partial charge in [-0.2, -0.15) is 0 Å². The quantitative estimate of drug-likeness (QED) is 0.173. The van der Waals surface area contributed by atoms with Crippen LogP contribution in [0.2, 0.25) is 0 Å². The van der Waals surface area contributed by atoms with Crippen molar-refractivity contribution in [3.8, 4) is 5.69 Å². The van der Waals surface area contributed by atoms with E-state index >= 15 is 0 Å². The number of benzene rings is 6. The second kappa shape index (κ2) is 13.6. The van der Waals surface area contributed by atoms with Gasteiger partial charge in [-0.15, -0.1) is 0 Å². The molecule has 6 aromatic carbocycles. The summed E-state index contributed by atoms with van der Waals surface area (Å²) in [6.45, 7) is 0. The normalized spacial score (nSPS) is 10.5.